The Bertz CT molecular complexity index is 747. The second kappa shape index (κ2) is 10.1. The summed E-state index contributed by atoms with van der Waals surface area (Å²) >= 11 is 0. The average Bonchev–Trinajstić information content (AvgIpc) is 2.75. The van der Waals surface area contributed by atoms with Gasteiger partial charge in [-0.15, -0.1) is 0 Å². The van der Waals surface area contributed by atoms with Crippen LogP contribution in [0.2, 0.25) is 0 Å². The zero-order chi connectivity index (χ0) is 19.8. The van der Waals surface area contributed by atoms with Gasteiger partial charge in [0.05, 0.1) is 0 Å². The molecule has 28 heavy (non-hydrogen) atoms. The Morgan fingerprint density at radius 2 is 1.71 bits per heavy atom. The summed E-state index contributed by atoms with van der Waals surface area (Å²) in [6.07, 6.45) is 7.72. The quantitative estimate of drug-likeness (QED) is 0.704. The van der Waals surface area contributed by atoms with Gasteiger partial charge in [-0.2, -0.15) is 0 Å². The molecule has 0 atom stereocenters. The largest absolute Gasteiger partial charge is 0.372 e. The van der Waals surface area contributed by atoms with Gasteiger partial charge < -0.3 is 15.1 Å². The fourth-order valence-electron chi connectivity index (χ4n) is 3.75. The lowest BCUT2D eigenvalue weighted by Gasteiger charge is -2.28. The van der Waals surface area contributed by atoms with Crippen molar-refractivity contribution in [2.24, 2.45) is 0 Å². The molecule has 5 nitrogen and oxygen atoms in total. The van der Waals surface area contributed by atoms with Crippen molar-refractivity contribution in [1.82, 2.24) is 4.98 Å². The highest BCUT2D eigenvalue weighted by molar-refractivity contribution is 6.03. The molecule has 0 radical (unpaired) electrons. The van der Waals surface area contributed by atoms with Crippen LogP contribution in [-0.2, 0) is 0 Å². The molecule has 1 amide bonds. The number of hydrogen-bond donors (Lipinski definition) is 1. The van der Waals surface area contributed by atoms with E-state index >= 15 is 0 Å². The molecular weight excluding hydrogens is 348 g/mol. The van der Waals surface area contributed by atoms with Crippen LogP contribution in [0.1, 0.15) is 56.4 Å². The van der Waals surface area contributed by atoms with Crippen molar-refractivity contribution in [3.63, 3.8) is 0 Å². The molecular formula is C23H32N4O. The molecule has 1 aliphatic rings. The number of rotatable bonds is 8. The molecule has 1 saturated heterocycles. The van der Waals surface area contributed by atoms with Crippen molar-refractivity contribution in [2.45, 2.75) is 46.0 Å². The van der Waals surface area contributed by atoms with Crippen molar-refractivity contribution in [3.8, 4) is 0 Å². The minimum absolute atomic E-state index is 0.166. The third-order valence-corrected chi connectivity index (χ3v) is 5.17. The molecule has 150 valence electrons. The normalized spacial score (nSPS) is 14.0. The summed E-state index contributed by atoms with van der Waals surface area (Å²) in [7, 11) is 0. The molecule has 0 bridgehead atoms. The lowest BCUT2D eigenvalue weighted by molar-refractivity contribution is 0.102. The van der Waals surface area contributed by atoms with E-state index in [9.17, 15) is 4.79 Å². The number of piperidine rings is 1. The van der Waals surface area contributed by atoms with Crippen LogP contribution >= 0.6 is 0 Å². The van der Waals surface area contributed by atoms with Crippen LogP contribution in [0.25, 0.3) is 0 Å². The molecule has 0 saturated carbocycles. The van der Waals surface area contributed by atoms with Gasteiger partial charge in [-0.05, 0) is 68.5 Å². The molecule has 2 heterocycles. The summed E-state index contributed by atoms with van der Waals surface area (Å²) < 4.78 is 0. The average molecular weight is 381 g/mol. The first-order chi connectivity index (χ1) is 13.7. The van der Waals surface area contributed by atoms with Crippen LogP contribution in [-0.4, -0.2) is 37.1 Å². The van der Waals surface area contributed by atoms with E-state index in [4.69, 9.17) is 0 Å². The van der Waals surface area contributed by atoms with E-state index in [0.717, 1.165) is 50.4 Å². The highest BCUT2D eigenvalue weighted by atomic mass is 16.1. The van der Waals surface area contributed by atoms with Gasteiger partial charge >= 0.3 is 0 Å². The Balaban J connectivity index is 1.66. The van der Waals surface area contributed by atoms with Crippen molar-refractivity contribution in [2.75, 3.05) is 41.3 Å². The molecule has 2 aromatic rings. The summed E-state index contributed by atoms with van der Waals surface area (Å²) in [6.45, 7) is 8.55. The van der Waals surface area contributed by atoms with Gasteiger partial charge in [-0.1, -0.05) is 13.8 Å². The molecule has 1 fully saturated rings. The van der Waals surface area contributed by atoms with Gasteiger partial charge in [-0.25, -0.2) is 0 Å². The van der Waals surface area contributed by atoms with Gasteiger partial charge in [-0.3, -0.25) is 9.78 Å². The van der Waals surface area contributed by atoms with Crippen molar-refractivity contribution < 1.29 is 4.79 Å². The topological polar surface area (TPSA) is 48.5 Å². The summed E-state index contributed by atoms with van der Waals surface area (Å²) in [6, 6.07) is 12.0. The maximum Gasteiger partial charge on any atom is 0.274 e. The minimum Gasteiger partial charge on any atom is -0.372 e. The molecule has 1 aliphatic heterocycles. The van der Waals surface area contributed by atoms with Gasteiger partial charge in [0, 0.05) is 49.4 Å². The maximum absolute atomic E-state index is 12.7. The number of carbonyl (C=O) groups excluding carboxylic acids is 1. The van der Waals surface area contributed by atoms with Gasteiger partial charge in [0.1, 0.15) is 5.69 Å². The third kappa shape index (κ3) is 5.24. The number of aromatic nitrogens is 1. The monoisotopic (exact) mass is 380 g/mol. The van der Waals surface area contributed by atoms with E-state index in [-0.39, 0.29) is 5.91 Å². The van der Waals surface area contributed by atoms with Crippen LogP contribution < -0.4 is 15.1 Å². The van der Waals surface area contributed by atoms with E-state index in [0.29, 0.717) is 5.69 Å². The van der Waals surface area contributed by atoms with Crippen LogP contribution in [0.15, 0.2) is 42.6 Å². The molecule has 0 spiro atoms. The van der Waals surface area contributed by atoms with E-state index in [2.05, 4.69) is 46.1 Å². The zero-order valence-corrected chi connectivity index (χ0v) is 17.2. The number of benzene rings is 1. The molecule has 1 N–H and O–H groups in total. The number of hydrogen-bond acceptors (Lipinski definition) is 4. The highest BCUT2D eigenvalue weighted by Crippen LogP contribution is 2.22. The van der Waals surface area contributed by atoms with E-state index in [1.807, 2.05) is 24.3 Å². The third-order valence-electron chi connectivity index (χ3n) is 5.17. The van der Waals surface area contributed by atoms with Gasteiger partial charge in [0.25, 0.3) is 5.91 Å². The maximum atomic E-state index is 12.7. The van der Waals surface area contributed by atoms with E-state index in [1.54, 1.807) is 6.20 Å². The zero-order valence-electron chi connectivity index (χ0n) is 17.2. The number of nitrogens with one attached hydrogen (secondary N) is 1. The van der Waals surface area contributed by atoms with Crippen molar-refractivity contribution in [1.29, 1.82) is 0 Å². The lowest BCUT2D eigenvalue weighted by atomic mass is 10.1. The molecule has 1 aromatic heterocycles. The van der Waals surface area contributed by atoms with Crippen molar-refractivity contribution in [3.05, 3.63) is 48.3 Å². The van der Waals surface area contributed by atoms with Crippen LogP contribution in [0, 0.1) is 0 Å². The second-order valence-corrected chi connectivity index (χ2v) is 7.44. The van der Waals surface area contributed by atoms with Crippen molar-refractivity contribution >= 4 is 23.0 Å². The van der Waals surface area contributed by atoms with Gasteiger partial charge in [0.15, 0.2) is 0 Å². The Hall–Kier alpha value is -2.56. The lowest BCUT2D eigenvalue weighted by Crippen LogP contribution is -2.29. The fourth-order valence-corrected chi connectivity index (χ4v) is 3.75. The Labute approximate surface area is 168 Å². The van der Waals surface area contributed by atoms with Crippen LogP contribution in [0.5, 0.6) is 0 Å². The number of carbonyl (C=O) groups is 1. The predicted octanol–water partition coefficient (Wildman–Crippen LogP) is 4.95. The Morgan fingerprint density at radius 1 is 1.04 bits per heavy atom. The molecule has 1 aromatic carbocycles. The summed E-state index contributed by atoms with van der Waals surface area (Å²) in [4.78, 5) is 21.7. The van der Waals surface area contributed by atoms with Crippen LogP contribution in [0.4, 0.5) is 17.1 Å². The number of nitrogens with zero attached hydrogens (tertiary/aromatic N) is 3. The second-order valence-electron chi connectivity index (χ2n) is 7.44. The summed E-state index contributed by atoms with van der Waals surface area (Å²) in [5.41, 5.74) is 3.55. The standard InChI is InChI=1S/C23H32N4O/c1-3-14-26(15-4-2)21-12-13-24-22(18-21)23(28)25-19-8-10-20(11-9-19)27-16-6-5-7-17-27/h8-13,18H,3-7,14-17H2,1-2H3,(H,25,28). The molecule has 3 rings (SSSR count). The number of pyridine rings is 1. The van der Waals surface area contributed by atoms with E-state index in [1.165, 1.54) is 24.9 Å². The smallest absolute Gasteiger partial charge is 0.274 e. The molecule has 0 unspecified atom stereocenters. The van der Waals surface area contributed by atoms with E-state index < -0.39 is 0 Å². The van der Waals surface area contributed by atoms with Gasteiger partial charge in [0.2, 0.25) is 0 Å². The highest BCUT2D eigenvalue weighted by Gasteiger charge is 2.13. The summed E-state index contributed by atoms with van der Waals surface area (Å²) in [5.74, 6) is -0.166. The molecule has 5 heteroatoms. The minimum atomic E-state index is -0.166. The summed E-state index contributed by atoms with van der Waals surface area (Å²) in [5, 5.41) is 2.98. The number of amides is 1. The first-order valence-corrected chi connectivity index (χ1v) is 10.6. The fraction of sp³-hybridized carbons (Fsp3) is 0.478. The number of anilines is 3. The Kier molecular flexibility index (Phi) is 7.29. The van der Waals surface area contributed by atoms with Crippen LogP contribution in [0.3, 0.4) is 0 Å². The first kappa shape index (κ1) is 20.2. The Morgan fingerprint density at radius 3 is 2.36 bits per heavy atom. The predicted molar refractivity (Wildman–Crippen MR) is 117 cm³/mol. The SMILES string of the molecule is CCCN(CCC)c1ccnc(C(=O)Nc2ccc(N3CCCCC3)cc2)c1. The molecule has 0 aliphatic carbocycles. The first-order valence-electron chi connectivity index (χ1n) is 10.6.